The molecule has 7 nitrogen and oxygen atoms in total. The minimum atomic E-state index is -1.46. The summed E-state index contributed by atoms with van der Waals surface area (Å²) in [6, 6.07) is 8.88. The SMILES string of the molecule is CNC(=O)C(C#N)C(=O)C1=NN(C2C=CCC=C2)C2C1=COc1ccccc12. The standard InChI is InChI=1S/C21H18N4O3/c1-23-21(27)15(11-22)20(26)18-16-12-28-17-10-6-5-9-14(17)19(16)25(24-18)13-7-3-2-4-8-13/h3-10,12-13,15,19H,2H2,1H3,(H,23,27). The van der Waals surface area contributed by atoms with Gasteiger partial charge in [-0.1, -0.05) is 42.5 Å². The molecule has 2 heterocycles. The van der Waals surface area contributed by atoms with Crippen molar-refractivity contribution in [2.75, 3.05) is 7.05 Å². The number of nitrogens with one attached hydrogen (secondary N) is 1. The highest BCUT2D eigenvalue weighted by Crippen LogP contribution is 2.44. The minimum Gasteiger partial charge on any atom is -0.464 e. The van der Waals surface area contributed by atoms with Crippen molar-refractivity contribution in [1.82, 2.24) is 10.3 Å². The van der Waals surface area contributed by atoms with E-state index in [2.05, 4.69) is 10.4 Å². The van der Waals surface area contributed by atoms with Crippen LogP contribution in [0, 0.1) is 17.2 Å². The number of rotatable bonds is 4. The number of amides is 1. The number of nitriles is 1. The van der Waals surface area contributed by atoms with E-state index in [1.54, 1.807) is 6.07 Å². The van der Waals surface area contributed by atoms with Crippen molar-refractivity contribution >= 4 is 17.4 Å². The monoisotopic (exact) mass is 374 g/mol. The molecule has 2 atom stereocenters. The topological polar surface area (TPSA) is 94.8 Å². The van der Waals surface area contributed by atoms with Gasteiger partial charge in [-0.15, -0.1) is 0 Å². The molecule has 1 N–H and O–H groups in total. The zero-order valence-corrected chi connectivity index (χ0v) is 15.2. The molecule has 1 aliphatic carbocycles. The molecule has 140 valence electrons. The smallest absolute Gasteiger partial charge is 0.245 e. The number of allylic oxidation sites excluding steroid dienone is 2. The predicted molar refractivity (Wildman–Crippen MR) is 102 cm³/mol. The average Bonchev–Trinajstić information content (AvgIpc) is 3.15. The third-order valence-electron chi connectivity index (χ3n) is 4.95. The maximum Gasteiger partial charge on any atom is 0.245 e. The lowest BCUT2D eigenvalue weighted by atomic mass is 9.89. The molecule has 2 aliphatic heterocycles. The molecule has 28 heavy (non-hydrogen) atoms. The number of benzene rings is 1. The second kappa shape index (κ2) is 7.16. The largest absolute Gasteiger partial charge is 0.464 e. The summed E-state index contributed by atoms with van der Waals surface area (Å²) in [4.78, 5) is 25.0. The van der Waals surface area contributed by atoms with E-state index in [-0.39, 0.29) is 17.8 Å². The maximum absolute atomic E-state index is 13.0. The predicted octanol–water partition coefficient (Wildman–Crippen LogP) is 2.02. The molecule has 1 amide bonds. The van der Waals surface area contributed by atoms with Gasteiger partial charge in [0.05, 0.1) is 18.4 Å². The molecular formula is C21H18N4O3. The normalized spacial score (nSPS) is 20.9. The molecular weight excluding hydrogens is 356 g/mol. The number of ketones is 1. The Hall–Kier alpha value is -3.66. The van der Waals surface area contributed by atoms with Crippen molar-refractivity contribution < 1.29 is 14.3 Å². The summed E-state index contributed by atoms with van der Waals surface area (Å²) >= 11 is 0. The zero-order chi connectivity index (χ0) is 19.7. The fourth-order valence-electron chi connectivity index (χ4n) is 3.58. The van der Waals surface area contributed by atoms with E-state index in [4.69, 9.17) is 4.74 Å². The first-order valence-electron chi connectivity index (χ1n) is 8.97. The van der Waals surface area contributed by atoms with Crippen molar-refractivity contribution in [2.24, 2.45) is 11.0 Å². The molecule has 7 heteroatoms. The Bertz CT molecular complexity index is 987. The van der Waals surface area contributed by atoms with Gasteiger partial charge in [0.25, 0.3) is 0 Å². The summed E-state index contributed by atoms with van der Waals surface area (Å²) in [5.41, 5.74) is 1.52. The lowest BCUT2D eigenvalue weighted by Gasteiger charge is -2.32. The van der Waals surface area contributed by atoms with E-state index in [1.165, 1.54) is 13.3 Å². The van der Waals surface area contributed by atoms with Crippen LogP contribution in [0.15, 0.2) is 65.5 Å². The number of hydrogen-bond donors (Lipinski definition) is 1. The van der Waals surface area contributed by atoms with Crippen LogP contribution in [-0.2, 0) is 9.59 Å². The van der Waals surface area contributed by atoms with E-state index in [1.807, 2.05) is 53.6 Å². The lowest BCUT2D eigenvalue weighted by Crippen LogP contribution is -2.36. The minimum absolute atomic E-state index is 0.0852. The summed E-state index contributed by atoms with van der Waals surface area (Å²) in [6.07, 6.45) is 10.5. The van der Waals surface area contributed by atoms with E-state index < -0.39 is 17.6 Å². The van der Waals surface area contributed by atoms with Crippen LogP contribution >= 0.6 is 0 Å². The fourth-order valence-corrected chi connectivity index (χ4v) is 3.58. The third-order valence-corrected chi connectivity index (χ3v) is 4.95. The van der Waals surface area contributed by atoms with Gasteiger partial charge >= 0.3 is 0 Å². The van der Waals surface area contributed by atoms with Gasteiger partial charge in [-0.05, 0) is 12.5 Å². The Balaban J connectivity index is 1.79. The molecule has 0 saturated heterocycles. The van der Waals surface area contributed by atoms with Crippen LogP contribution < -0.4 is 10.1 Å². The number of nitrogens with zero attached hydrogens (tertiary/aromatic N) is 3. The van der Waals surface area contributed by atoms with E-state index in [0.717, 1.165) is 12.0 Å². The summed E-state index contributed by atoms with van der Waals surface area (Å²) in [5, 5.41) is 18.1. The summed E-state index contributed by atoms with van der Waals surface area (Å²) in [7, 11) is 1.39. The maximum atomic E-state index is 13.0. The fraction of sp³-hybridized carbons (Fsp3) is 0.238. The Morgan fingerprint density at radius 3 is 2.79 bits per heavy atom. The Morgan fingerprint density at radius 2 is 2.07 bits per heavy atom. The van der Waals surface area contributed by atoms with Crippen LogP contribution in [0.4, 0.5) is 0 Å². The lowest BCUT2D eigenvalue weighted by molar-refractivity contribution is -0.128. The van der Waals surface area contributed by atoms with Gasteiger partial charge in [0.1, 0.15) is 17.5 Å². The Morgan fingerprint density at radius 1 is 1.32 bits per heavy atom. The number of Topliss-reactive ketones (excluding diaryl/α,β-unsaturated/α-hetero) is 1. The molecule has 0 spiro atoms. The van der Waals surface area contributed by atoms with Crippen molar-refractivity contribution in [1.29, 1.82) is 5.26 Å². The van der Waals surface area contributed by atoms with E-state index >= 15 is 0 Å². The molecule has 2 unspecified atom stereocenters. The van der Waals surface area contributed by atoms with Crippen LogP contribution in [0.5, 0.6) is 5.75 Å². The van der Waals surface area contributed by atoms with Crippen LogP contribution in [0.1, 0.15) is 18.0 Å². The number of para-hydroxylation sites is 1. The van der Waals surface area contributed by atoms with Gasteiger partial charge in [0.15, 0.2) is 5.92 Å². The summed E-state index contributed by atoms with van der Waals surface area (Å²) in [6.45, 7) is 0. The molecule has 0 saturated carbocycles. The zero-order valence-electron chi connectivity index (χ0n) is 15.2. The van der Waals surface area contributed by atoms with Gasteiger partial charge in [-0.2, -0.15) is 10.4 Å². The molecule has 3 aliphatic rings. The highest BCUT2D eigenvalue weighted by molar-refractivity contribution is 6.50. The van der Waals surface area contributed by atoms with Gasteiger partial charge in [0.2, 0.25) is 11.7 Å². The van der Waals surface area contributed by atoms with E-state index in [9.17, 15) is 14.9 Å². The first kappa shape index (κ1) is 17.7. The van der Waals surface area contributed by atoms with Crippen LogP contribution in [-0.4, -0.2) is 35.5 Å². The van der Waals surface area contributed by atoms with Gasteiger partial charge in [-0.25, -0.2) is 0 Å². The Labute approximate surface area is 162 Å². The first-order chi connectivity index (χ1) is 13.7. The molecule has 0 fully saturated rings. The van der Waals surface area contributed by atoms with Gasteiger partial charge in [0, 0.05) is 18.2 Å². The van der Waals surface area contributed by atoms with Crippen molar-refractivity contribution in [3.05, 3.63) is 66.0 Å². The summed E-state index contributed by atoms with van der Waals surface area (Å²) in [5.74, 6) is -2.05. The molecule has 4 rings (SSSR count). The van der Waals surface area contributed by atoms with Crippen LogP contribution in [0.3, 0.4) is 0 Å². The van der Waals surface area contributed by atoms with Crippen molar-refractivity contribution in [3.63, 3.8) is 0 Å². The van der Waals surface area contributed by atoms with Crippen LogP contribution in [0.25, 0.3) is 0 Å². The number of hydrogen-bond acceptors (Lipinski definition) is 6. The molecule has 0 bridgehead atoms. The number of fused-ring (bicyclic) bond motifs is 3. The summed E-state index contributed by atoms with van der Waals surface area (Å²) < 4.78 is 5.71. The second-order valence-corrected chi connectivity index (χ2v) is 6.58. The number of carbonyl (C=O) groups is 2. The molecule has 1 aromatic rings. The van der Waals surface area contributed by atoms with Gasteiger partial charge < -0.3 is 10.1 Å². The molecule has 1 aromatic carbocycles. The third kappa shape index (κ3) is 2.79. The molecule has 0 aromatic heterocycles. The number of carbonyl (C=O) groups excluding carboxylic acids is 2. The second-order valence-electron chi connectivity index (χ2n) is 6.58. The average molecular weight is 374 g/mol. The number of hydrazone groups is 1. The van der Waals surface area contributed by atoms with Crippen LogP contribution in [0.2, 0.25) is 0 Å². The highest BCUT2D eigenvalue weighted by Gasteiger charge is 2.44. The quantitative estimate of drug-likeness (QED) is 0.643. The number of ether oxygens (including phenoxy) is 1. The Kier molecular flexibility index (Phi) is 4.53. The van der Waals surface area contributed by atoms with E-state index in [0.29, 0.717) is 11.3 Å². The van der Waals surface area contributed by atoms with Crippen molar-refractivity contribution in [3.8, 4) is 11.8 Å². The highest BCUT2D eigenvalue weighted by atomic mass is 16.5. The molecule has 0 radical (unpaired) electrons. The van der Waals surface area contributed by atoms with Crippen molar-refractivity contribution in [2.45, 2.75) is 18.5 Å². The first-order valence-corrected chi connectivity index (χ1v) is 8.97. The van der Waals surface area contributed by atoms with Gasteiger partial charge in [-0.3, -0.25) is 14.6 Å².